The van der Waals surface area contributed by atoms with Gasteiger partial charge < -0.3 is 20.5 Å². The molecule has 4 rings (SSSR count). The van der Waals surface area contributed by atoms with Crippen LogP contribution in [0.3, 0.4) is 0 Å². The fourth-order valence-electron chi connectivity index (χ4n) is 4.15. The van der Waals surface area contributed by atoms with E-state index >= 15 is 0 Å². The quantitative estimate of drug-likeness (QED) is 0.549. The average Bonchev–Trinajstić information content (AvgIpc) is 3.23. The van der Waals surface area contributed by atoms with Crippen molar-refractivity contribution >= 4 is 29.5 Å². The summed E-state index contributed by atoms with van der Waals surface area (Å²) in [5, 5.41) is 12.4. The number of nitrogens with two attached hydrogens (primary N) is 1. The van der Waals surface area contributed by atoms with Gasteiger partial charge in [-0.3, -0.25) is 19.3 Å². The summed E-state index contributed by atoms with van der Waals surface area (Å²) in [6.07, 6.45) is -0.193. The van der Waals surface area contributed by atoms with Crippen LogP contribution in [0.25, 0.3) is 0 Å². The van der Waals surface area contributed by atoms with Crippen LogP contribution in [0.5, 0.6) is 5.75 Å². The Morgan fingerprint density at radius 2 is 1.83 bits per heavy atom. The number of nitriles is 1. The molecule has 184 valence electrons. The van der Waals surface area contributed by atoms with E-state index in [4.69, 9.17) is 15.2 Å². The molecule has 3 N–H and O–H groups in total. The number of benzene rings is 2. The molecule has 36 heavy (non-hydrogen) atoms. The number of carbonyl (C=O) groups excluding carboxylic acids is 3. The molecule has 0 aliphatic carbocycles. The van der Waals surface area contributed by atoms with Crippen LogP contribution < -0.4 is 15.8 Å². The molecule has 0 radical (unpaired) electrons. The lowest BCUT2D eigenvalue weighted by Crippen LogP contribution is -2.40. The highest BCUT2D eigenvalue weighted by molar-refractivity contribution is 8.04. The van der Waals surface area contributed by atoms with Crippen molar-refractivity contribution in [3.8, 4) is 11.8 Å². The zero-order valence-corrected chi connectivity index (χ0v) is 20.5. The van der Waals surface area contributed by atoms with Crippen molar-refractivity contribution in [3.05, 3.63) is 87.7 Å². The molecule has 0 aromatic heterocycles. The highest BCUT2D eigenvalue weighted by Gasteiger charge is 2.48. The van der Waals surface area contributed by atoms with Gasteiger partial charge in [-0.25, -0.2) is 0 Å². The number of rotatable bonds is 7. The molecule has 2 atom stereocenters. The van der Waals surface area contributed by atoms with Gasteiger partial charge in [-0.05, 0) is 23.3 Å². The highest BCUT2D eigenvalue weighted by atomic mass is 32.2. The summed E-state index contributed by atoms with van der Waals surface area (Å²) in [4.78, 5) is 40.0. The van der Waals surface area contributed by atoms with Crippen LogP contribution in [0.4, 0.5) is 0 Å². The summed E-state index contributed by atoms with van der Waals surface area (Å²) in [7, 11) is 2.78. The van der Waals surface area contributed by atoms with Crippen molar-refractivity contribution in [2.24, 2.45) is 5.73 Å². The van der Waals surface area contributed by atoms with Gasteiger partial charge in [-0.2, -0.15) is 5.26 Å². The number of hydrogen-bond acceptors (Lipinski definition) is 8. The first-order valence-electron chi connectivity index (χ1n) is 11.1. The maximum atomic E-state index is 13.7. The minimum absolute atomic E-state index is 0.0576. The lowest BCUT2D eigenvalue weighted by Gasteiger charge is -2.32. The van der Waals surface area contributed by atoms with E-state index in [2.05, 4.69) is 11.4 Å². The molecule has 2 unspecified atom stereocenters. The molecule has 1 fully saturated rings. The van der Waals surface area contributed by atoms with Crippen molar-refractivity contribution in [2.75, 3.05) is 14.2 Å². The van der Waals surface area contributed by atoms with Crippen molar-refractivity contribution in [1.82, 2.24) is 10.2 Å². The van der Waals surface area contributed by atoms with Gasteiger partial charge in [0.05, 0.1) is 48.8 Å². The Morgan fingerprint density at radius 3 is 2.44 bits per heavy atom. The summed E-state index contributed by atoms with van der Waals surface area (Å²) in [6.45, 7) is 0.247. The number of amides is 2. The number of methoxy groups -OCH3 is 2. The molecule has 10 heteroatoms. The van der Waals surface area contributed by atoms with E-state index in [0.29, 0.717) is 16.3 Å². The second-order valence-corrected chi connectivity index (χ2v) is 9.26. The van der Waals surface area contributed by atoms with E-state index in [1.165, 1.54) is 12.0 Å². The average molecular weight is 505 g/mol. The minimum Gasteiger partial charge on any atom is -0.497 e. The molecule has 9 nitrogen and oxygen atoms in total. The topological polar surface area (TPSA) is 135 Å². The SMILES string of the molecule is COC(=O)CC1SC2=C(C(=O)NCc3ccccc3)C(c3ccc(OC)cc3)C(C#N)=C(N)N2C1=O. The van der Waals surface area contributed by atoms with Crippen molar-refractivity contribution in [3.63, 3.8) is 0 Å². The zero-order valence-electron chi connectivity index (χ0n) is 19.7. The molecule has 2 aromatic carbocycles. The second-order valence-electron chi connectivity index (χ2n) is 8.06. The minimum atomic E-state index is -0.836. The van der Waals surface area contributed by atoms with Gasteiger partial charge in [0.1, 0.15) is 16.8 Å². The molecule has 0 spiro atoms. The van der Waals surface area contributed by atoms with E-state index in [9.17, 15) is 19.6 Å². The predicted molar refractivity (Wildman–Crippen MR) is 133 cm³/mol. The number of carbonyl (C=O) groups is 3. The first-order valence-corrected chi connectivity index (χ1v) is 11.9. The highest BCUT2D eigenvalue weighted by Crippen LogP contribution is 2.50. The fraction of sp³-hybridized carbons (Fsp3) is 0.231. The summed E-state index contributed by atoms with van der Waals surface area (Å²) in [6, 6.07) is 18.4. The number of allylic oxidation sites excluding steroid dienone is 1. The third-order valence-electron chi connectivity index (χ3n) is 5.97. The zero-order chi connectivity index (χ0) is 25.8. The Hall–Kier alpha value is -4.23. The molecule has 0 saturated carbocycles. The van der Waals surface area contributed by atoms with Gasteiger partial charge in [-0.1, -0.05) is 54.2 Å². The lowest BCUT2D eigenvalue weighted by atomic mass is 9.82. The standard InChI is InChI=1S/C26H24N4O5S/c1-34-17-10-8-16(9-11-17)21-18(13-27)23(28)30-25(33)19(12-20(31)35-2)36-26(30)22(21)24(32)29-14-15-6-4-3-5-7-15/h3-11,19,21H,12,14,28H2,1-2H3,(H,29,32). The molecule has 2 aliphatic heterocycles. The number of hydrogen-bond donors (Lipinski definition) is 2. The Kier molecular flexibility index (Phi) is 7.31. The van der Waals surface area contributed by atoms with Gasteiger partial charge in [0.2, 0.25) is 5.91 Å². The Bertz CT molecular complexity index is 1300. The van der Waals surface area contributed by atoms with Crippen LogP contribution in [0.1, 0.15) is 23.5 Å². The summed E-state index contributed by atoms with van der Waals surface area (Å²) in [5.74, 6) is -1.76. The molecule has 2 amide bonds. The molecule has 1 saturated heterocycles. The maximum absolute atomic E-state index is 13.7. The molecular formula is C26H24N4O5S. The summed E-state index contributed by atoms with van der Waals surface area (Å²) >= 11 is 1.07. The van der Waals surface area contributed by atoms with Crippen LogP contribution >= 0.6 is 11.8 Å². The fourth-order valence-corrected chi connectivity index (χ4v) is 5.47. The monoisotopic (exact) mass is 504 g/mol. The Morgan fingerprint density at radius 1 is 1.14 bits per heavy atom. The van der Waals surface area contributed by atoms with Gasteiger partial charge in [0.15, 0.2) is 0 Å². The molecule has 2 aliphatic rings. The number of fused-ring (bicyclic) bond motifs is 1. The van der Waals surface area contributed by atoms with Crippen LogP contribution in [0.15, 0.2) is 76.6 Å². The summed E-state index contributed by atoms with van der Waals surface area (Å²) in [5.41, 5.74) is 8.15. The normalized spacial score (nSPS) is 19.0. The molecule has 2 heterocycles. The number of thioether (sulfide) groups is 1. The van der Waals surface area contributed by atoms with Gasteiger partial charge in [0, 0.05) is 6.54 Å². The number of nitrogens with zero attached hydrogens (tertiary/aromatic N) is 2. The Labute approximate surface area is 212 Å². The lowest BCUT2D eigenvalue weighted by molar-refractivity contribution is -0.142. The van der Waals surface area contributed by atoms with Crippen LogP contribution in [0.2, 0.25) is 0 Å². The Balaban J connectivity index is 1.81. The summed E-state index contributed by atoms with van der Waals surface area (Å²) < 4.78 is 9.98. The second kappa shape index (κ2) is 10.6. The molecule has 2 aromatic rings. The third kappa shape index (κ3) is 4.65. The van der Waals surface area contributed by atoms with E-state index in [-0.39, 0.29) is 29.9 Å². The van der Waals surface area contributed by atoms with Crippen molar-refractivity contribution < 1.29 is 23.9 Å². The van der Waals surface area contributed by atoms with Gasteiger partial charge in [-0.15, -0.1) is 0 Å². The largest absolute Gasteiger partial charge is 0.497 e. The first-order chi connectivity index (χ1) is 17.4. The van der Waals surface area contributed by atoms with E-state index in [1.54, 1.807) is 31.4 Å². The number of ether oxygens (including phenoxy) is 2. The van der Waals surface area contributed by atoms with E-state index in [0.717, 1.165) is 17.3 Å². The van der Waals surface area contributed by atoms with Crippen LogP contribution in [-0.4, -0.2) is 42.2 Å². The van der Waals surface area contributed by atoms with Crippen molar-refractivity contribution in [2.45, 2.75) is 24.1 Å². The van der Waals surface area contributed by atoms with E-state index in [1.807, 2.05) is 30.3 Å². The predicted octanol–water partition coefficient (Wildman–Crippen LogP) is 2.52. The molecular weight excluding hydrogens is 480 g/mol. The number of nitrogens with one attached hydrogen (secondary N) is 1. The maximum Gasteiger partial charge on any atom is 0.307 e. The van der Waals surface area contributed by atoms with E-state index < -0.39 is 29.0 Å². The van der Waals surface area contributed by atoms with Gasteiger partial charge in [0.25, 0.3) is 5.91 Å². The van der Waals surface area contributed by atoms with Crippen LogP contribution in [-0.2, 0) is 25.7 Å². The number of esters is 1. The van der Waals surface area contributed by atoms with Crippen LogP contribution in [0, 0.1) is 11.3 Å². The third-order valence-corrected chi connectivity index (χ3v) is 7.25. The smallest absolute Gasteiger partial charge is 0.307 e. The van der Waals surface area contributed by atoms with Gasteiger partial charge >= 0.3 is 5.97 Å². The molecule has 0 bridgehead atoms. The first kappa shape index (κ1) is 24.9. The van der Waals surface area contributed by atoms with Crippen molar-refractivity contribution in [1.29, 1.82) is 5.26 Å².